The summed E-state index contributed by atoms with van der Waals surface area (Å²) in [5.74, 6) is -4.37. The number of aliphatic hydroxyl groups is 2. The maximum atomic E-state index is 12.6. The number of hydrogen-bond donors (Lipinski definition) is 2. The van der Waals surface area contributed by atoms with Gasteiger partial charge in [-0.2, -0.15) is 0 Å². The van der Waals surface area contributed by atoms with Crippen LogP contribution in [0.5, 0.6) is 0 Å². The van der Waals surface area contributed by atoms with Crippen LogP contribution in [0.1, 0.15) is 67.7 Å². The van der Waals surface area contributed by atoms with E-state index in [1.54, 1.807) is 21.1 Å². The molecule has 0 amide bonds. The Labute approximate surface area is 298 Å². The summed E-state index contributed by atoms with van der Waals surface area (Å²) in [4.78, 5) is 24.8. The van der Waals surface area contributed by atoms with Gasteiger partial charge in [-0.15, -0.1) is 0 Å². The first-order chi connectivity index (χ1) is 23.5. The highest BCUT2D eigenvalue weighted by Crippen LogP contribution is 2.45. The molecule has 0 saturated carbocycles. The fourth-order valence-corrected chi connectivity index (χ4v) is 11.8. The maximum Gasteiger partial charge on any atom is 0.303 e. The molecule has 1 fully saturated rings. The van der Waals surface area contributed by atoms with E-state index in [1.165, 1.54) is 27.9 Å². The van der Waals surface area contributed by atoms with Gasteiger partial charge >= 0.3 is 11.9 Å². The fraction of sp³-hybridized carbons (Fsp3) is 0.632. The van der Waals surface area contributed by atoms with Crippen LogP contribution in [0, 0.1) is 5.92 Å². The zero-order valence-corrected chi connectivity index (χ0v) is 32.3. The van der Waals surface area contributed by atoms with Crippen molar-refractivity contribution in [3.05, 3.63) is 60.7 Å². The Morgan fingerprint density at radius 3 is 1.96 bits per heavy atom. The molecule has 12 heteroatoms. The average Bonchev–Trinajstić information content (AvgIpc) is 3.06. The smallest absolute Gasteiger partial charge is 0.303 e. The summed E-state index contributed by atoms with van der Waals surface area (Å²) in [6.07, 6.45) is -4.31. The van der Waals surface area contributed by atoms with E-state index in [4.69, 9.17) is 32.8 Å². The molecule has 50 heavy (non-hydrogen) atoms. The van der Waals surface area contributed by atoms with E-state index in [0.717, 1.165) is 10.4 Å². The highest BCUT2D eigenvalue weighted by Gasteiger charge is 2.64. The van der Waals surface area contributed by atoms with Crippen molar-refractivity contribution in [1.29, 1.82) is 0 Å². The number of ether oxygens (including phenoxy) is 6. The molecule has 0 radical (unpaired) electrons. The second kappa shape index (κ2) is 17.7. The van der Waals surface area contributed by atoms with E-state index < -0.39 is 68.1 Å². The quantitative estimate of drug-likeness (QED) is 0.107. The summed E-state index contributed by atoms with van der Waals surface area (Å²) >= 11 is 0. The van der Waals surface area contributed by atoms with E-state index in [0.29, 0.717) is 13.0 Å². The zero-order chi connectivity index (χ0) is 37.3. The first-order valence-corrected chi connectivity index (χ1v) is 19.2. The van der Waals surface area contributed by atoms with Crippen LogP contribution >= 0.6 is 0 Å². The van der Waals surface area contributed by atoms with Crippen molar-refractivity contribution < 1.29 is 52.6 Å². The van der Waals surface area contributed by atoms with Crippen LogP contribution in [0.25, 0.3) is 0 Å². The number of hydrogen-bond acceptors (Lipinski definition) is 11. The molecule has 1 aliphatic rings. The van der Waals surface area contributed by atoms with Crippen LogP contribution in [0.2, 0.25) is 5.04 Å². The second-order valence-corrected chi connectivity index (χ2v) is 18.7. The van der Waals surface area contributed by atoms with Crippen LogP contribution in [0.3, 0.4) is 0 Å². The van der Waals surface area contributed by atoms with Crippen molar-refractivity contribution in [2.45, 2.75) is 115 Å². The first-order valence-electron chi connectivity index (χ1n) is 17.3. The Kier molecular flexibility index (Phi) is 14.8. The molecule has 11 nitrogen and oxygen atoms in total. The van der Waals surface area contributed by atoms with Crippen molar-refractivity contribution in [1.82, 2.24) is 0 Å². The van der Waals surface area contributed by atoms with E-state index in [-0.39, 0.29) is 24.5 Å². The molecule has 2 aromatic carbocycles. The number of benzene rings is 2. The second-order valence-electron chi connectivity index (χ2n) is 14.4. The molecule has 2 aromatic rings. The van der Waals surface area contributed by atoms with Gasteiger partial charge in [0, 0.05) is 48.2 Å². The van der Waals surface area contributed by atoms with Gasteiger partial charge in [-0.25, -0.2) is 0 Å². The number of esters is 2. The van der Waals surface area contributed by atoms with Gasteiger partial charge in [-0.1, -0.05) is 88.4 Å². The zero-order valence-electron chi connectivity index (χ0n) is 31.3. The molecular weight excluding hydrogens is 662 g/mol. The molecule has 3 rings (SSSR count). The molecule has 0 spiro atoms. The van der Waals surface area contributed by atoms with E-state index in [1.807, 2.05) is 36.4 Å². The lowest BCUT2D eigenvalue weighted by Gasteiger charge is -2.55. The number of methoxy groups -OCH3 is 3. The number of carbonyl (C=O) groups is 2. The van der Waals surface area contributed by atoms with Crippen LogP contribution in [0.15, 0.2) is 60.7 Å². The third kappa shape index (κ3) is 9.21. The van der Waals surface area contributed by atoms with Gasteiger partial charge in [0.05, 0.1) is 24.7 Å². The third-order valence-corrected chi connectivity index (χ3v) is 14.9. The van der Waals surface area contributed by atoms with Gasteiger partial charge in [0.25, 0.3) is 8.32 Å². The van der Waals surface area contributed by atoms with E-state index >= 15 is 0 Å². The minimum absolute atomic E-state index is 0.126. The lowest BCUT2D eigenvalue weighted by molar-refractivity contribution is -0.393. The van der Waals surface area contributed by atoms with Crippen molar-refractivity contribution in [3.8, 4) is 0 Å². The van der Waals surface area contributed by atoms with Crippen molar-refractivity contribution in [3.63, 3.8) is 0 Å². The average molecular weight is 721 g/mol. The van der Waals surface area contributed by atoms with E-state index in [2.05, 4.69) is 45.0 Å². The summed E-state index contributed by atoms with van der Waals surface area (Å²) in [6.45, 7) is 12.8. The summed E-state index contributed by atoms with van der Waals surface area (Å²) < 4.78 is 41.9. The Morgan fingerprint density at radius 2 is 1.52 bits per heavy atom. The third-order valence-electron chi connectivity index (χ3n) is 9.86. The molecule has 0 unspecified atom stereocenters. The summed E-state index contributed by atoms with van der Waals surface area (Å²) in [6, 6.07) is 20.5. The Balaban J connectivity index is 2.02. The van der Waals surface area contributed by atoms with Gasteiger partial charge in [-0.3, -0.25) is 9.59 Å². The van der Waals surface area contributed by atoms with Crippen LogP contribution in [-0.2, 0) is 42.4 Å². The SMILES string of the molecule is COCCC[C@H]1O[C@@]([18OH])([C@H](C)[C@H](C[C@@H](CO[Si](c2ccccc2)(c2ccccc2)C(C)(C)C)OC)OC(C)=O)[C@H](OC)[C@@H](OC(C)=O)[C@]1(C)O. The molecule has 0 aliphatic carbocycles. The Morgan fingerprint density at radius 1 is 0.960 bits per heavy atom. The lowest BCUT2D eigenvalue weighted by Crippen LogP contribution is -2.73. The van der Waals surface area contributed by atoms with Crippen molar-refractivity contribution in [2.24, 2.45) is 5.92 Å². The first kappa shape index (κ1) is 41.7. The van der Waals surface area contributed by atoms with Crippen molar-refractivity contribution >= 4 is 30.6 Å². The van der Waals surface area contributed by atoms with E-state index in [9.17, 15) is 19.8 Å². The Hall–Kier alpha value is -2.68. The predicted molar refractivity (Wildman–Crippen MR) is 192 cm³/mol. The molecule has 1 saturated heterocycles. The molecule has 280 valence electrons. The lowest BCUT2D eigenvalue weighted by atomic mass is 9.76. The predicted octanol–water partition coefficient (Wildman–Crippen LogP) is 3.75. The van der Waals surface area contributed by atoms with Gasteiger partial charge in [0.2, 0.25) is 5.79 Å². The van der Waals surface area contributed by atoms with Crippen LogP contribution < -0.4 is 10.4 Å². The standard InChI is InChI=1S/C38H58O11Si/c1-26(38(42)35(45-10)34(48-28(3)40)37(7,41)33(49-38)22-17-23-43-8)32(47-27(2)39)24-29(44-9)25-46-50(36(4,5)6,30-18-13-11-14-19-30)31-20-15-12-16-21-31/h11-16,18-21,26,29,32-35,41-42H,17,22-25H2,1-10H3/t26-,29+,32+,33-,34-,35-,37-,38+/m1/s1/i42+2. The molecule has 1 heterocycles. The largest absolute Gasteiger partial charge is 0.462 e. The summed E-state index contributed by atoms with van der Waals surface area (Å²) in [5, 5.41) is 26.0. The van der Waals surface area contributed by atoms with Gasteiger partial charge in [0.1, 0.15) is 11.7 Å². The highest BCUT2D eigenvalue weighted by atomic mass is 28.4. The summed E-state index contributed by atoms with van der Waals surface area (Å²) in [7, 11) is 1.53. The normalized spacial score (nSPS) is 26.1. The Bertz CT molecular complexity index is 1310. The molecule has 0 bridgehead atoms. The maximum absolute atomic E-state index is 12.6. The van der Waals surface area contributed by atoms with Gasteiger partial charge in [-0.05, 0) is 35.2 Å². The monoisotopic (exact) mass is 720 g/mol. The number of rotatable bonds is 17. The van der Waals surface area contributed by atoms with Crippen LogP contribution in [-0.4, -0.2) is 107 Å². The molecule has 0 aromatic heterocycles. The summed E-state index contributed by atoms with van der Waals surface area (Å²) in [5.41, 5.74) is -1.73. The highest BCUT2D eigenvalue weighted by molar-refractivity contribution is 6.99. The number of carbonyl (C=O) groups excluding carboxylic acids is 2. The van der Waals surface area contributed by atoms with Gasteiger partial charge in [0.15, 0.2) is 12.2 Å². The molecule has 2 N–H and O–H groups in total. The molecule has 1 aliphatic heterocycles. The topological polar surface area (TPSA) is 139 Å². The molecule has 8 atom stereocenters. The van der Waals surface area contributed by atoms with Crippen LogP contribution in [0.4, 0.5) is 0 Å². The minimum atomic E-state index is -2.94. The van der Waals surface area contributed by atoms with Gasteiger partial charge < -0.3 is 43.1 Å². The molecular formula is C38H58O11Si. The van der Waals surface area contributed by atoms with Crippen molar-refractivity contribution in [2.75, 3.05) is 34.5 Å². The minimum Gasteiger partial charge on any atom is -0.462 e. The fourth-order valence-electron chi connectivity index (χ4n) is 7.21.